The Bertz CT molecular complexity index is 682. The zero-order valence-electron chi connectivity index (χ0n) is 14.4. The Balaban J connectivity index is 2.19. The van der Waals surface area contributed by atoms with Gasteiger partial charge in [0.05, 0.1) is 14.2 Å². The minimum absolute atomic E-state index is 0.359. The molecule has 0 aliphatic carbocycles. The van der Waals surface area contributed by atoms with Crippen LogP contribution in [0.25, 0.3) is 0 Å². The lowest BCUT2D eigenvalue weighted by molar-refractivity contribution is 0.338. The number of nitrogens with zero attached hydrogens (tertiary/aromatic N) is 1. The van der Waals surface area contributed by atoms with E-state index in [-0.39, 0.29) is 0 Å². The van der Waals surface area contributed by atoms with Crippen LogP contribution in [0.15, 0.2) is 36.4 Å². The molecule has 0 aromatic heterocycles. The van der Waals surface area contributed by atoms with E-state index in [4.69, 9.17) is 9.47 Å². The third-order valence-corrected chi connectivity index (χ3v) is 4.89. The molecule has 2 aromatic rings. The number of benzene rings is 2. The van der Waals surface area contributed by atoms with E-state index in [0.717, 1.165) is 31.0 Å². The fraction of sp³-hybridized carbons (Fsp3) is 0.400. The molecule has 122 valence electrons. The lowest BCUT2D eigenvalue weighted by Gasteiger charge is -2.24. The van der Waals surface area contributed by atoms with Crippen molar-refractivity contribution >= 4 is 0 Å². The minimum atomic E-state index is 0.359. The van der Waals surface area contributed by atoms with Crippen LogP contribution < -0.4 is 9.47 Å². The molecule has 1 aliphatic rings. The molecule has 0 amide bonds. The maximum absolute atomic E-state index is 5.60. The van der Waals surface area contributed by atoms with Crippen LogP contribution in [0.5, 0.6) is 11.5 Å². The topological polar surface area (TPSA) is 21.7 Å². The number of fused-ring (bicyclic) bond motifs is 1. The Labute approximate surface area is 138 Å². The SMILES string of the molecule is COc1cc2c(c(C)c1OC)CCN(C)CC2c1ccccc1. The van der Waals surface area contributed by atoms with Crippen LogP contribution >= 0.6 is 0 Å². The smallest absolute Gasteiger partial charge is 0.163 e. The van der Waals surface area contributed by atoms with Crippen molar-refractivity contribution in [1.29, 1.82) is 0 Å². The first-order valence-corrected chi connectivity index (χ1v) is 8.13. The Morgan fingerprint density at radius 1 is 1.09 bits per heavy atom. The molecule has 3 heteroatoms. The van der Waals surface area contributed by atoms with Gasteiger partial charge in [-0.25, -0.2) is 0 Å². The summed E-state index contributed by atoms with van der Waals surface area (Å²) in [6.45, 7) is 4.23. The molecule has 1 atom stereocenters. The quantitative estimate of drug-likeness (QED) is 0.864. The van der Waals surface area contributed by atoms with Crippen molar-refractivity contribution in [3.05, 3.63) is 58.7 Å². The Hall–Kier alpha value is -2.00. The van der Waals surface area contributed by atoms with E-state index >= 15 is 0 Å². The van der Waals surface area contributed by atoms with Gasteiger partial charge < -0.3 is 14.4 Å². The normalized spacial score (nSPS) is 18.2. The largest absolute Gasteiger partial charge is 0.493 e. The highest BCUT2D eigenvalue weighted by Gasteiger charge is 2.27. The first-order valence-electron chi connectivity index (χ1n) is 8.13. The van der Waals surface area contributed by atoms with Crippen LogP contribution in [0.2, 0.25) is 0 Å². The molecule has 0 saturated carbocycles. The first-order chi connectivity index (χ1) is 11.2. The van der Waals surface area contributed by atoms with Gasteiger partial charge in [0.15, 0.2) is 11.5 Å². The van der Waals surface area contributed by atoms with E-state index in [2.05, 4.69) is 55.3 Å². The van der Waals surface area contributed by atoms with Crippen LogP contribution in [-0.2, 0) is 6.42 Å². The van der Waals surface area contributed by atoms with E-state index in [9.17, 15) is 0 Å². The lowest BCUT2D eigenvalue weighted by Crippen LogP contribution is -2.24. The number of likely N-dealkylation sites (N-methyl/N-ethyl adjacent to an activating group) is 1. The summed E-state index contributed by atoms with van der Waals surface area (Å²) >= 11 is 0. The predicted molar refractivity (Wildman–Crippen MR) is 93.8 cm³/mol. The van der Waals surface area contributed by atoms with Crippen LogP contribution in [0.3, 0.4) is 0 Å². The second-order valence-electron chi connectivity index (χ2n) is 6.28. The van der Waals surface area contributed by atoms with Crippen molar-refractivity contribution in [2.24, 2.45) is 0 Å². The molecular formula is C20H25NO2. The third-order valence-electron chi connectivity index (χ3n) is 4.89. The summed E-state index contributed by atoms with van der Waals surface area (Å²) in [5.74, 6) is 2.05. The molecule has 1 heterocycles. The van der Waals surface area contributed by atoms with Gasteiger partial charge in [0, 0.05) is 19.0 Å². The fourth-order valence-corrected chi connectivity index (χ4v) is 3.65. The molecule has 3 rings (SSSR count). The lowest BCUT2D eigenvalue weighted by atomic mass is 9.85. The van der Waals surface area contributed by atoms with Gasteiger partial charge in [-0.3, -0.25) is 0 Å². The maximum atomic E-state index is 5.60. The number of ether oxygens (including phenoxy) is 2. The summed E-state index contributed by atoms with van der Waals surface area (Å²) < 4.78 is 11.2. The van der Waals surface area contributed by atoms with E-state index in [1.165, 1.54) is 22.3 Å². The average molecular weight is 311 g/mol. The molecule has 0 N–H and O–H groups in total. The number of hydrogen-bond donors (Lipinski definition) is 0. The molecule has 0 bridgehead atoms. The van der Waals surface area contributed by atoms with Crippen LogP contribution in [0.1, 0.15) is 28.2 Å². The highest BCUT2D eigenvalue weighted by molar-refractivity contribution is 5.57. The average Bonchev–Trinajstić information content (AvgIpc) is 2.75. The van der Waals surface area contributed by atoms with Crippen molar-refractivity contribution in [2.45, 2.75) is 19.3 Å². The van der Waals surface area contributed by atoms with Crippen LogP contribution in [-0.4, -0.2) is 39.3 Å². The summed E-state index contributed by atoms with van der Waals surface area (Å²) in [5.41, 5.74) is 5.34. The summed E-state index contributed by atoms with van der Waals surface area (Å²) in [7, 11) is 5.63. The van der Waals surface area contributed by atoms with Crippen molar-refractivity contribution in [1.82, 2.24) is 4.90 Å². The number of rotatable bonds is 3. The highest BCUT2D eigenvalue weighted by atomic mass is 16.5. The monoisotopic (exact) mass is 311 g/mol. The minimum Gasteiger partial charge on any atom is -0.493 e. The zero-order chi connectivity index (χ0) is 16.4. The van der Waals surface area contributed by atoms with Gasteiger partial charge in [0.2, 0.25) is 0 Å². The first kappa shape index (κ1) is 15.9. The van der Waals surface area contributed by atoms with E-state index in [0.29, 0.717) is 5.92 Å². The second kappa shape index (κ2) is 6.63. The molecule has 0 fully saturated rings. The molecule has 0 radical (unpaired) electrons. The predicted octanol–water partition coefficient (Wildman–Crippen LogP) is 3.63. The standard InChI is InChI=1S/C20H25NO2/c1-14-16-10-11-21(2)13-18(15-8-6-5-7-9-15)17(16)12-19(22-3)20(14)23-4/h5-9,12,18H,10-11,13H2,1-4H3. The summed E-state index contributed by atoms with van der Waals surface area (Å²) in [4.78, 5) is 2.41. The Morgan fingerprint density at radius 2 is 1.83 bits per heavy atom. The molecule has 1 unspecified atom stereocenters. The van der Waals surface area contributed by atoms with Crippen molar-refractivity contribution in [3.8, 4) is 11.5 Å². The van der Waals surface area contributed by atoms with Gasteiger partial charge in [-0.1, -0.05) is 30.3 Å². The number of methoxy groups -OCH3 is 2. The van der Waals surface area contributed by atoms with Crippen LogP contribution in [0, 0.1) is 6.92 Å². The van der Waals surface area contributed by atoms with Gasteiger partial charge in [0.1, 0.15) is 0 Å². The summed E-state index contributed by atoms with van der Waals surface area (Å²) in [6, 6.07) is 12.9. The zero-order valence-corrected chi connectivity index (χ0v) is 14.4. The van der Waals surface area contributed by atoms with Gasteiger partial charge in [-0.05, 0) is 48.7 Å². The Kier molecular flexibility index (Phi) is 4.58. The molecule has 3 nitrogen and oxygen atoms in total. The highest BCUT2D eigenvalue weighted by Crippen LogP contribution is 2.41. The maximum Gasteiger partial charge on any atom is 0.163 e. The van der Waals surface area contributed by atoms with Crippen molar-refractivity contribution < 1.29 is 9.47 Å². The third kappa shape index (κ3) is 2.93. The fourth-order valence-electron chi connectivity index (χ4n) is 3.65. The summed E-state index contributed by atoms with van der Waals surface area (Å²) in [5, 5.41) is 0. The van der Waals surface area contributed by atoms with Gasteiger partial charge in [0.25, 0.3) is 0 Å². The van der Waals surface area contributed by atoms with Gasteiger partial charge >= 0.3 is 0 Å². The van der Waals surface area contributed by atoms with Crippen LogP contribution in [0.4, 0.5) is 0 Å². The van der Waals surface area contributed by atoms with E-state index < -0.39 is 0 Å². The molecule has 23 heavy (non-hydrogen) atoms. The molecular weight excluding hydrogens is 286 g/mol. The second-order valence-corrected chi connectivity index (χ2v) is 6.28. The summed E-state index contributed by atoms with van der Waals surface area (Å²) in [6.07, 6.45) is 1.04. The van der Waals surface area contributed by atoms with E-state index in [1.54, 1.807) is 14.2 Å². The van der Waals surface area contributed by atoms with Crippen molar-refractivity contribution in [2.75, 3.05) is 34.4 Å². The molecule has 0 saturated heterocycles. The molecule has 2 aromatic carbocycles. The molecule has 1 aliphatic heterocycles. The van der Waals surface area contributed by atoms with Gasteiger partial charge in [-0.15, -0.1) is 0 Å². The van der Waals surface area contributed by atoms with E-state index in [1.807, 2.05) is 0 Å². The van der Waals surface area contributed by atoms with Crippen molar-refractivity contribution in [3.63, 3.8) is 0 Å². The Morgan fingerprint density at radius 3 is 2.48 bits per heavy atom. The van der Waals surface area contributed by atoms with Gasteiger partial charge in [-0.2, -0.15) is 0 Å². The number of hydrogen-bond acceptors (Lipinski definition) is 3. The molecule has 0 spiro atoms.